The lowest BCUT2D eigenvalue weighted by Gasteiger charge is -2.36. The minimum absolute atomic E-state index is 0.278. The van der Waals surface area contributed by atoms with Crippen molar-refractivity contribution in [1.29, 1.82) is 0 Å². The van der Waals surface area contributed by atoms with Gasteiger partial charge in [-0.05, 0) is 20.2 Å². The maximum absolute atomic E-state index is 10.0. The van der Waals surface area contributed by atoms with E-state index in [4.69, 9.17) is 14.2 Å². The van der Waals surface area contributed by atoms with Crippen molar-refractivity contribution in [2.45, 2.75) is 31.3 Å². The molecule has 1 aliphatic carbocycles. The number of nitrogens with zero attached hydrogens (tertiary/aromatic N) is 2. The van der Waals surface area contributed by atoms with Crippen molar-refractivity contribution in [1.82, 2.24) is 9.80 Å². The second-order valence-corrected chi connectivity index (χ2v) is 6.50. The van der Waals surface area contributed by atoms with Gasteiger partial charge in [0, 0.05) is 45.5 Å². The van der Waals surface area contributed by atoms with E-state index >= 15 is 0 Å². The summed E-state index contributed by atoms with van der Waals surface area (Å²) in [6, 6.07) is 0. The maximum atomic E-state index is 10.0. The fourth-order valence-electron chi connectivity index (χ4n) is 2.72. The molecule has 0 bridgehead atoms. The number of rotatable bonds is 10. The molecule has 1 atom stereocenters. The van der Waals surface area contributed by atoms with Crippen molar-refractivity contribution in [2.24, 2.45) is 5.92 Å². The van der Waals surface area contributed by atoms with Crippen molar-refractivity contribution in [3.63, 3.8) is 0 Å². The number of ether oxygens (including phenoxy) is 3. The zero-order valence-corrected chi connectivity index (χ0v) is 14.0. The first-order valence-corrected chi connectivity index (χ1v) is 8.06. The third-order valence-corrected chi connectivity index (χ3v) is 4.41. The first-order chi connectivity index (χ1) is 10.6. The lowest BCUT2D eigenvalue weighted by atomic mass is 9.92. The van der Waals surface area contributed by atoms with Crippen LogP contribution < -0.4 is 0 Å². The molecule has 6 heteroatoms. The van der Waals surface area contributed by atoms with E-state index in [2.05, 4.69) is 11.9 Å². The Kier molecular flexibility index (Phi) is 7.11. The summed E-state index contributed by atoms with van der Waals surface area (Å²) < 4.78 is 16.4. The molecule has 6 nitrogen and oxygen atoms in total. The van der Waals surface area contributed by atoms with Gasteiger partial charge in [-0.2, -0.15) is 0 Å². The summed E-state index contributed by atoms with van der Waals surface area (Å²) in [6.07, 6.45) is 5.63. The van der Waals surface area contributed by atoms with Crippen LogP contribution in [0.3, 0.4) is 0 Å². The van der Waals surface area contributed by atoms with Gasteiger partial charge in [-0.1, -0.05) is 0 Å². The molecule has 0 aromatic heterocycles. The van der Waals surface area contributed by atoms with Gasteiger partial charge in [0.25, 0.3) is 0 Å². The number of aliphatic hydroxyl groups is 1. The Bertz CT molecular complexity index is 341. The van der Waals surface area contributed by atoms with E-state index in [1.807, 2.05) is 18.0 Å². The summed E-state index contributed by atoms with van der Waals surface area (Å²) in [7, 11) is 5.71. The average Bonchev–Trinajstić information content (AvgIpc) is 2.42. The Morgan fingerprint density at radius 1 is 1.32 bits per heavy atom. The van der Waals surface area contributed by atoms with Crippen LogP contribution in [0.25, 0.3) is 0 Å². The molecule has 0 spiro atoms. The quantitative estimate of drug-likeness (QED) is 0.469. The van der Waals surface area contributed by atoms with Gasteiger partial charge >= 0.3 is 0 Å². The summed E-state index contributed by atoms with van der Waals surface area (Å²) in [5, 5.41) is 10.0. The van der Waals surface area contributed by atoms with Crippen LogP contribution in [-0.2, 0) is 14.2 Å². The molecule has 22 heavy (non-hydrogen) atoms. The molecule has 0 radical (unpaired) electrons. The highest BCUT2D eigenvalue weighted by atomic mass is 16.5. The predicted molar refractivity (Wildman–Crippen MR) is 84.5 cm³/mol. The zero-order chi connectivity index (χ0) is 15.9. The van der Waals surface area contributed by atoms with Crippen molar-refractivity contribution < 1.29 is 19.3 Å². The Balaban J connectivity index is 1.47. The summed E-state index contributed by atoms with van der Waals surface area (Å²) in [4.78, 5) is 4.10. The average molecular weight is 314 g/mol. The van der Waals surface area contributed by atoms with E-state index in [0.29, 0.717) is 25.2 Å². The molecule has 1 heterocycles. The molecule has 0 aromatic rings. The number of hydrogen-bond donors (Lipinski definition) is 1. The highest BCUT2D eigenvalue weighted by Crippen LogP contribution is 2.25. The van der Waals surface area contributed by atoms with Gasteiger partial charge in [0.15, 0.2) is 0 Å². The Morgan fingerprint density at radius 3 is 2.68 bits per heavy atom. The molecule has 0 amide bonds. The van der Waals surface area contributed by atoms with Crippen molar-refractivity contribution >= 4 is 0 Å². The van der Waals surface area contributed by atoms with Gasteiger partial charge < -0.3 is 24.2 Å². The van der Waals surface area contributed by atoms with Gasteiger partial charge in [0.05, 0.1) is 25.6 Å². The number of aliphatic hydroxyl groups excluding tert-OH is 1. The topological polar surface area (TPSA) is 54.4 Å². The summed E-state index contributed by atoms with van der Waals surface area (Å²) >= 11 is 0. The van der Waals surface area contributed by atoms with E-state index in [-0.39, 0.29) is 6.10 Å². The smallest absolute Gasteiger partial charge is 0.131 e. The first-order valence-electron chi connectivity index (χ1n) is 8.06. The lowest BCUT2D eigenvalue weighted by molar-refractivity contribution is -0.0635. The fraction of sp³-hybridized carbons (Fsp3) is 0.875. The van der Waals surface area contributed by atoms with Gasteiger partial charge in [0.2, 0.25) is 0 Å². The summed E-state index contributed by atoms with van der Waals surface area (Å²) in [5.74, 6) is 0.620. The molecule has 1 aliphatic heterocycles. The minimum atomic E-state index is -0.580. The highest BCUT2D eigenvalue weighted by molar-refractivity contribution is 4.85. The number of methoxy groups -OCH3 is 1. The van der Waals surface area contributed by atoms with Crippen LogP contribution in [-0.4, -0.2) is 87.4 Å². The monoisotopic (exact) mass is 314 g/mol. The standard InChI is InChI=1S/C16H30N2O4/c1-17-9-13(10-17)11-21-12-16(19)18(2)5-4-6-22-15-7-14(8-15)20-3/h4,6,13-16,19H,5,7-12H2,1-3H3/b6-4+. The molecular weight excluding hydrogens is 284 g/mol. The summed E-state index contributed by atoms with van der Waals surface area (Å²) in [5.41, 5.74) is 0. The van der Waals surface area contributed by atoms with Gasteiger partial charge in [0.1, 0.15) is 12.3 Å². The molecule has 0 aromatic carbocycles. The van der Waals surface area contributed by atoms with Crippen LogP contribution in [0.5, 0.6) is 0 Å². The fourth-order valence-corrected chi connectivity index (χ4v) is 2.72. The Morgan fingerprint density at radius 2 is 2.05 bits per heavy atom. The van der Waals surface area contributed by atoms with E-state index in [1.54, 1.807) is 13.4 Å². The van der Waals surface area contributed by atoms with Crippen LogP contribution in [0.1, 0.15) is 12.8 Å². The molecule has 1 saturated heterocycles. The number of likely N-dealkylation sites (tertiary alicyclic amines) is 1. The molecule has 2 aliphatic rings. The minimum Gasteiger partial charge on any atom is -0.498 e. The maximum Gasteiger partial charge on any atom is 0.131 e. The zero-order valence-electron chi connectivity index (χ0n) is 14.0. The SMILES string of the molecule is COC1CC(O/C=C/CN(C)C(O)COCC2CN(C)C2)C1. The Labute approximate surface area is 133 Å². The first kappa shape index (κ1) is 17.7. The van der Waals surface area contributed by atoms with Crippen LogP contribution in [0.2, 0.25) is 0 Å². The van der Waals surface area contributed by atoms with Gasteiger partial charge in [-0.3, -0.25) is 4.90 Å². The molecule has 2 fully saturated rings. The number of likely N-dealkylation sites (N-methyl/N-ethyl adjacent to an activating group) is 1. The van der Waals surface area contributed by atoms with Crippen LogP contribution in [0.15, 0.2) is 12.3 Å². The van der Waals surface area contributed by atoms with E-state index < -0.39 is 6.23 Å². The number of hydrogen-bond acceptors (Lipinski definition) is 6. The predicted octanol–water partition coefficient (Wildman–Crippen LogP) is 0.523. The molecule has 1 N–H and O–H groups in total. The van der Waals surface area contributed by atoms with Crippen molar-refractivity contribution in [3.8, 4) is 0 Å². The van der Waals surface area contributed by atoms with Crippen molar-refractivity contribution in [3.05, 3.63) is 12.3 Å². The molecule has 1 saturated carbocycles. The third-order valence-electron chi connectivity index (χ3n) is 4.41. The van der Waals surface area contributed by atoms with Gasteiger partial charge in [-0.15, -0.1) is 0 Å². The van der Waals surface area contributed by atoms with E-state index in [1.165, 1.54) is 0 Å². The van der Waals surface area contributed by atoms with Crippen molar-refractivity contribution in [2.75, 3.05) is 54.1 Å². The molecule has 2 rings (SSSR count). The molecule has 128 valence electrons. The van der Waals surface area contributed by atoms with Crippen LogP contribution in [0, 0.1) is 5.92 Å². The van der Waals surface area contributed by atoms with Crippen LogP contribution in [0.4, 0.5) is 0 Å². The normalized spacial score (nSPS) is 27.9. The Hall–Kier alpha value is -0.660. The summed E-state index contributed by atoms with van der Waals surface area (Å²) in [6.45, 7) is 3.91. The largest absolute Gasteiger partial charge is 0.498 e. The second-order valence-electron chi connectivity index (χ2n) is 6.50. The van der Waals surface area contributed by atoms with Gasteiger partial charge in [-0.25, -0.2) is 0 Å². The highest BCUT2D eigenvalue weighted by Gasteiger charge is 2.29. The third kappa shape index (κ3) is 5.52. The molecular formula is C16H30N2O4. The van der Waals surface area contributed by atoms with Crippen LogP contribution >= 0.6 is 0 Å². The molecule has 1 unspecified atom stereocenters. The lowest BCUT2D eigenvalue weighted by Crippen LogP contribution is -2.46. The second kappa shape index (κ2) is 8.84. The van der Waals surface area contributed by atoms with E-state index in [0.717, 1.165) is 32.5 Å². The van der Waals surface area contributed by atoms with E-state index in [9.17, 15) is 5.11 Å².